The number of amides is 1. The van der Waals surface area contributed by atoms with Crippen LogP contribution < -0.4 is 16.0 Å². The lowest BCUT2D eigenvalue weighted by Gasteiger charge is -2.41. The van der Waals surface area contributed by atoms with Crippen molar-refractivity contribution in [1.82, 2.24) is 14.9 Å². The van der Waals surface area contributed by atoms with E-state index < -0.39 is 5.76 Å². The number of hydrogen-bond donors (Lipinski definition) is 2. The Labute approximate surface area is 220 Å². The van der Waals surface area contributed by atoms with Crippen molar-refractivity contribution in [3.8, 4) is 10.6 Å². The predicted molar refractivity (Wildman–Crippen MR) is 146 cm³/mol. The summed E-state index contributed by atoms with van der Waals surface area (Å²) in [7, 11) is 0. The summed E-state index contributed by atoms with van der Waals surface area (Å²) in [5, 5.41) is 7.11. The van der Waals surface area contributed by atoms with Gasteiger partial charge in [0.1, 0.15) is 10.7 Å². The summed E-state index contributed by atoms with van der Waals surface area (Å²) in [5.74, 6) is -0.853. The first-order valence-corrected chi connectivity index (χ1v) is 14.3. The summed E-state index contributed by atoms with van der Waals surface area (Å²) in [6.45, 7) is 3.94. The van der Waals surface area contributed by atoms with E-state index in [1.165, 1.54) is 43.4 Å². The first kappa shape index (κ1) is 23.7. The lowest BCUT2D eigenvalue weighted by molar-refractivity contribution is 0.102. The fraction of sp³-hybridized carbons (Fsp3) is 0.400. The maximum Gasteiger partial charge on any atom is 0.417 e. The molecule has 8 nitrogen and oxygen atoms in total. The molecule has 1 saturated heterocycles. The Kier molecular flexibility index (Phi) is 6.59. The van der Waals surface area contributed by atoms with Crippen LogP contribution in [0, 0.1) is 0 Å². The monoisotopic (exact) mass is 543 g/mol. The van der Waals surface area contributed by atoms with Gasteiger partial charge >= 0.3 is 5.76 Å². The molecule has 4 aromatic rings. The third kappa shape index (κ3) is 4.82. The van der Waals surface area contributed by atoms with Gasteiger partial charge in [-0.2, -0.15) is 0 Å². The number of carbonyl (C=O) groups is 1. The van der Waals surface area contributed by atoms with E-state index in [1.807, 2.05) is 11.4 Å². The van der Waals surface area contributed by atoms with Crippen LogP contribution in [0.25, 0.3) is 21.7 Å². The molecule has 1 amide bonds. The van der Waals surface area contributed by atoms with Crippen molar-refractivity contribution < 1.29 is 9.21 Å². The average molecular weight is 544 g/mol. The molecule has 0 bridgehead atoms. The second-order valence-corrected chi connectivity index (χ2v) is 11.6. The number of nitrogens with one attached hydrogen (secondary N) is 2. The molecule has 2 aliphatic rings. The van der Waals surface area contributed by atoms with Crippen molar-refractivity contribution in [1.29, 1.82) is 0 Å². The molecule has 188 valence electrons. The van der Waals surface area contributed by atoms with Gasteiger partial charge in [-0.1, -0.05) is 42.2 Å². The minimum Gasteiger partial charge on any atom is -0.408 e. The summed E-state index contributed by atoms with van der Waals surface area (Å²) in [6.07, 6.45) is 6.68. The van der Waals surface area contributed by atoms with Crippen LogP contribution in [0.4, 0.5) is 10.1 Å². The van der Waals surface area contributed by atoms with Crippen LogP contribution in [0.5, 0.6) is 0 Å². The summed E-state index contributed by atoms with van der Waals surface area (Å²) in [6, 6.07) is 7.52. The molecular weight excluding hydrogens is 518 g/mol. The number of hydrogen-bond acceptors (Lipinski definition) is 8. The van der Waals surface area contributed by atoms with Crippen LogP contribution in [-0.2, 0) is 0 Å². The third-order valence-corrected chi connectivity index (χ3v) is 9.32. The number of nitrogens with zero attached hydrogens (tertiary/aromatic N) is 3. The molecule has 1 aromatic carbocycles. The highest BCUT2D eigenvalue weighted by Gasteiger charge is 2.28. The van der Waals surface area contributed by atoms with Gasteiger partial charge in [-0.15, -0.1) is 11.3 Å². The summed E-state index contributed by atoms with van der Waals surface area (Å²) in [4.78, 5) is 37.9. The Balaban J connectivity index is 1.23. The summed E-state index contributed by atoms with van der Waals surface area (Å²) >= 11 is 9.28. The number of H-pyrrole nitrogens is 1. The van der Waals surface area contributed by atoms with Crippen molar-refractivity contribution >= 4 is 61.4 Å². The highest BCUT2D eigenvalue weighted by atomic mass is 35.5. The maximum atomic E-state index is 13.0. The van der Waals surface area contributed by atoms with E-state index in [-0.39, 0.29) is 5.91 Å². The van der Waals surface area contributed by atoms with Gasteiger partial charge in [0.2, 0.25) is 0 Å². The Morgan fingerprint density at radius 1 is 1.14 bits per heavy atom. The van der Waals surface area contributed by atoms with Crippen LogP contribution in [0.1, 0.15) is 42.5 Å². The van der Waals surface area contributed by atoms with Gasteiger partial charge in [0.25, 0.3) is 5.91 Å². The zero-order valence-electron chi connectivity index (χ0n) is 19.6. The fourth-order valence-electron chi connectivity index (χ4n) is 5.17. The number of piperazine rings is 1. The van der Waals surface area contributed by atoms with E-state index in [4.69, 9.17) is 21.0 Å². The summed E-state index contributed by atoms with van der Waals surface area (Å²) in [5.41, 5.74) is 2.14. The van der Waals surface area contributed by atoms with Crippen LogP contribution in [0.3, 0.4) is 0 Å². The van der Waals surface area contributed by atoms with E-state index in [1.54, 1.807) is 29.5 Å². The zero-order valence-corrected chi connectivity index (χ0v) is 22.0. The molecule has 0 spiro atoms. The molecular formula is C25H26ClN5O3S2. The normalized spacial score (nSPS) is 17.6. The molecule has 0 atom stereocenters. The quantitative estimate of drug-likeness (QED) is 0.337. The molecule has 2 fully saturated rings. The van der Waals surface area contributed by atoms with Crippen LogP contribution in [0.2, 0.25) is 5.02 Å². The third-order valence-electron chi connectivity index (χ3n) is 7.01. The Morgan fingerprint density at radius 3 is 2.69 bits per heavy atom. The van der Waals surface area contributed by atoms with Crippen molar-refractivity contribution in [3.63, 3.8) is 0 Å². The minimum atomic E-state index is -0.546. The second kappa shape index (κ2) is 10.0. The molecule has 0 unspecified atom stereocenters. The fourth-order valence-corrected chi connectivity index (χ4v) is 7.33. The summed E-state index contributed by atoms with van der Waals surface area (Å²) < 4.78 is 5.10. The van der Waals surface area contributed by atoms with Crippen LogP contribution >= 0.6 is 34.3 Å². The molecule has 4 heterocycles. The highest BCUT2D eigenvalue weighted by molar-refractivity contribution is 7.21. The number of carbonyl (C=O) groups excluding carboxylic acids is 1. The molecule has 2 N–H and O–H groups in total. The minimum absolute atomic E-state index is 0.307. The average Bonchev–Trinajstić information content (AvgIpc) is 3.61. The molecule has 36 heavy (non-hydrogen) atoms. The van der Waals surface area contributed by atoms with E-state index in [2.05, 4.69) is 20.1 Å². The Bertz CT molecular complexity index is 1440. The van der Waals surface area contributed by atoms with E-state index in [9.17, 15) is 9.59 Å². The van der Waals surface area contributed by atoms with E-state index in [0.29, 0.717) is 26.8 Å². The molecule has 1 aliphatic heterocycles. The number of benzene rings is 1. The van der Waals surface area contributed by atoms with Crippen molar-refractivity contribution in [3.05, 3.63) is 50.8 Å². The van der Waals surface area contributed by atoms with E-state index in [0.717, 1.165) is 47.8 Å². The van der Waals surface area contributed by atoms with Crippen molar-refractivity contribution in [2.24, 2.45) is 0 Å². The number of aromatic amines is 1. The largest absolute Gasteiger partial charge is 0.417 e. The van der Waals surface area contributed by atoms with Crippen molar-refractivity contribution in [2.75, 3.05) is 36.4 Å². The van der Waals surface area contributed by atoms with Crippen LogP contribution in [-0.4, -0.2) is 53.0 Å². The van der Waals surface area contributed by atoms with Crippen LogP contribution in [0.15, 0.2) is 38.9 Å². The van der Waals surface area contributed by atoms with Gasteiger partial charge in [-0.3, -0.25) is 20.0 Å². The Hall–Kier alpha value is -2.66. The van der Waals surface area contributed by atoms with Gasteiger partial charge in [0, 0.05) is 43.2 Å². The van der Waals surface area contributed by atoms with Gasteiger partial charge < -0.3 is 9.32 Å². The first-order valence-electron chi connectivity index (χ1n) is 12.2. The van der Waals surface area contributed by atoms with Crippen molar-refractivity contribution in [2.45, 2.75) is 38.1 Å². The molecule has 0 radical (unpaired) electrons. The van der Waals surface area contributed by atoms with Gasteiger partial charge in [-0.05, 0) is 37.1 Å². The standard InChI is InChI=1S/C25H26ClN5O3S2/c26-16-13-20(35-14-16)21-23(31-10-8-30(9-11-31)17-4-2-1-3-5-17)36-24(28-21)29-22(32)15-6-7-18-19(12-15)34-25(33)27-18/h6-7,12-14,17H,1-5,8-11H2,(H,27,33)(H,28,29,32). The number of aromatic nitrogens is 2. The molecule has 6 rings (SSSR count). The second-order valence-electron chi connectivity index (χ2n) is 9.30. The number of thiophene rings is 1. The number of thiazole rings is 1. The molecule has 3 aromatic heterocycles. The smallest absolute Gasteiger partial charge is 0.408 e. The molecule has 1 aliphatic carbocycles. The maximum absolute atomic E-state index is 13.0. The Morgan fingerprint density at radius 2 is 1.94 bits per heavy atom. The molecule has 11 heteroatoms. The highest BCUT2D eigenvalue weighted by Crippen LogP contribution is 2.42. The number of rotatable bonds is 5. The molecule has 1 saturated carbocycles. The predicted octanol–water partition coefficient (Wildman–Crippen LogP) is 5.67. The first-order chi connectivity index (χ1) is 17.5. The van der Waals surface area contributed by atoms with Gasteiger partial charge in [0.15, 0.2) is 10.7 Å². The number of anilines is 2. The SMILES string of the molecule is O=C(Nc1nc(-c2cc(Cl)cs2)c(N2CCN(C3CCCCC3)CC2)s1)c1ccc2[nH]c(=O)oc2c1. The number of halogens is 1. The van der Waals surface area contributed by atoms with Gasteiger partial charge in [0.05, 0.1) is 15.4 Å². The topological polar surface area (TPSA) is 94.5 Å². The van der Waals surface area contributed by atoms with E-state index >= 15 is 0 Å². The lowest BCUT2D eigenvalue weighted by atomic mass is 9.94. The number of fused-ring (bicyclic) bond motifs is 1. The number of oxazole rings is 1. The van der Waals surface area contributed by atoms with Gasteiger partial charge in [-0.25, -0.2) is 9.78 Å². The lowest BCUT2D eigenvalue weighted by Crippen LogP contribution is -2.50. The zero-order chi connectivity index (χ0) is 24.6.